The highest BCUT2D eigenvalue weighted by Crippen LogP contribution is 2.46. The fourth-order valence-corrected chi connectivity index (χ4v) is 4.08. The number of anilines is 1. The molecule has 4 nitrogen and oxygen atoms in total. The van der Waals surface area contributed by atoms with Gasteiger partial charge in [-0.15, -0.1) is 11.3 Å². The van der Waals surface area contributed by atoms with E-state index < -0.39 is 0 Å². The number of nitrogens with one attached hydrogen (secondary N) is 2. The Morgan fingerprint density at radius 2 is 2.00 bits per heavy atom. The minimum atomic E-state index is 0.200. The van der Waals surface area contributed by atoms with Crippen LogP contribution in [0, 0.1) is 12.8 Å². The molecule has 2 N–H and O–H groups in total. The topological polar surface area (TPSA) is 49.8 Å². The summed E-state index contributed by atoms with van der Waals surface area (Å²) >= 11 is 13.8. The Morgan fingerprint density at radius 1 is 1.24 bits per heavy atom. The van der Waals surface area contributed by atoms with Crippen LogP contribution in [0.15, 0.2) is 12.4 Å². The number of hydrogen-bond donors (Lipinski definition) is 2. The zero-order valence-electron chi connectivity index (χ0n) is 11.8. The number of aromatic nitrogens is 2. The highest BCUT2D eigenvalue weighted by molar-refractivity contribution is 7.17. The molecule has 0 fully saturated rings. The number of rotatable bonds is 2. The van der Waals surface area contributed by atoms with Crippen molar-refractivity contribution in [1.82, 2.24) is 15.4 Å². The van der Waals surface area contributed by atoms with Gasteiger partial charge < -0.3 is 5.43 Å². The van der Waals surface area contributed by atoms with Gasteiger partial charge in [0.25, 0.3) is 0 Å². The van der Waals surface area contributed by atoms with Crippen molar-refractivity contribution in [2.45, 2.75) is 20.8 Å². The second-order valence-corrected chi connectivity index (χ2v) is 6.89. The molecule has 0 spiro atoms. The molecule has 0 aliphatic carbocycles. The van der Waals surface area contributed by atoms with Gasteiger partial charge in [-0.25, -0.2) is 9.97 Å². The van der Waals surface area contributed by atoms with Crippen molar-refractivity contribution in [2.24, 2.45) is 5.92 Å². The summed E-state index contributed by atoms with van der Waals surface area (Å²) in [5, 5.41) is 0.704. The number of fused-ring (bicyclic) bond motifs is 1. The molecule has 0 bridgehead atoms. The van der Waals surface area contributed by atoms with Crippen LogP contribution in [0.2, 0.25) is 10.3 Å². The lowest BCUT2D eigenvalue weighted by molar-refractivity contribution is 0.841. The zero-order chi connectivity index (χ0) is 15.1. The summed E-state index contributed by atoms with van der Waals surface area (Å²) in [5.74, 6) is 0.425. The summed E-state index contributed by atoms with van der Waals surface area (Å²) in [6, 6.07) is 0. The molecule has 0 aromatic carbocycles. The number of allylic oxidation sites excluding steroid dienone is 1. The second-order valence-electron chi connectivity index (χ2n) is 5.12. The number of nitrogens with zero attached hydrogens (tertiary/aromatic N) is 2. The van der Waals surface area contributed by atoms with Crippen LogP contribution in [0.25, 0.3) is 16.1 Å². The van der Waals surface area contributed by atoms with Crippen molar-refractivity contribution < 1.29 is 0 Å². The molecule has 21 heavy (non-hydrogen) atoms. The first kappa shape index (κ1) is 14.6. The Labute approximate surface area is 137 Å². The molecule has 0 atom stereocenters. The summed E-state index contributed by atoms with van der Waals surface area (Å²) in [6.07, 6.45) is 3.54. The van der Waals surface area contributed by atoms with Gasteiger partial charge in [0, 0.05) is 6.20 Å². The quantitative estimate of drug-likeness (QED) is 0.774. The second kappa shape index (κ2) is 5.48. The van der Waals surface area contributed by atoms with Crippen LogP contribution in [0.5, 0.6) is 0 Å². The van der Waals surface area contributed by atoms with Crippen molar-refractivity contribution in [3.63, 3.8) is 0 Å². The van der Waals surface area contributed by atoms with Gasteiger partial charge in [-0.1, -0.05) is 25.4 Å². The maximum Gasteiger partial charge on any atom is 0.223 e. The average Bonchev–Trinajstić information content (AvgIpc) is 2.79. The molecule has 0 radical (unpaired) electrons. The molecule has 2 aromatic rings. The largest absolute Gasteiger partial charge is 0.308 e. The van der Waals surface area contributed by atoms with Gasteiger partial charge in [0.2, 0.25) is 5.28 Å². The van der Waals surface area contributed by atoms with Crippen LogP contribution in [-0.2, 0) is 0 Å². The van der Waals surface area contributed by atoms with Crippen molar-refractivity contribution in [3.8, 4) is 10.6 Å². The summed E-state index contributed by atoms with van der Waals surface area (Å²) in [7, 11) is 0. The van der Waals surface area contributed by atoms with Crippen LogP contribution in [0.4, 0.5) is 5.69 Å². The molecule has 110 valence electrons. The van der Waals surface area contributed by atoms with E-state index in [1.807, 2.05) is 6.20 Å². The molecule has 0 saturated carbocycles. The third-order valence-electron chi connectivity index (χ3n) is 3.39. The van der Waals surface area contributed by atoms with E-state index in [-0.39, 0.29) is 5.28 Å². The fourth-order valence-electron chi connectivity index (χ4n) is 2.28. The number of hydrogen-bond acceptors (Lipinski definition) is 5. The van der Waals surface area contributed by atoms with E-state index >= 15 is 0 Å². The van der Waals surface area contributed by atoms with Crippen molar-refractivity contribution >= 4 is 45.8 Å². The molecule has 0 unspecified atom stereocenters. The highest BCUT2D eigenvalue weighted by atomic mass is 35.5. The van der Waals surface area contributed by atoms with Gasteiger partial charge in [-0.05, 0) is 35.6 Å². The summed E-state index contributed by atoms with van der Waals surface area (Å²) in [4.78, 5) is 10.4. The van der Waals surface area contributed by atoms with Crippen LogP contribution < -0.4 is 10.9 Å². The minimum absolute atomic E-state index is 0.200. The molecule has 0 amide bonds. The van der Waals surface area contributed by atoms with Crippen LogP contribution in [0.3, 0.4) is 0 Å². The first-order valence-electron chi connectivity index (χ1n) is 6.52. The number of hydrazine groups is 1. The monoisotopic (exact) mass is 340 g/mol. The number of halogens is 2. The van der Waals surface area contributed by atoms with E-state index in [9.17, 15) is 0 Å². The predicted octanol–water partition coefficient (Wildman–Crippen LogP) is 4.75. The van der Waals surface area contributed by atoms with E-state index in [1.165, 1.54) is 16.6 Å². The lowest BCUT2D eigenvalue weighted by atomic mass is 10.00. The van der Waals surface area contributed by atoms with Gasteiger partial charge in [0.15, 0.2) is 0 Å². The number of thiophene rings is 1. The van der Waals surface area contributed by atoms with Crippen LogP contribution in [0.1, 0.15) is 24.3 Å². The maximum atomic E-state index is 6.24. The van der Waals surface area contributed by atoms with Crippen LogP contribution in [-0.4, -0.2) is 9.97 Å². The van der Waals surface area contributed by atoms with E-state index in [2.05, 4.69) is 41.6 Å². The lowest BCUT2D eigenvalue weighted by Crippen LogP contribution is -2.21. The normalized spacial score (nSPS) is 13.5. The van der Waals surface area contributed by atoms with E-state index in [0.29, 0.717) is 16.6 Å². The Balaban J connectivity index is 2.19. The Morgan fingerprint density at radius 3 is 2.71 bits per heavy atom. The molecule has 1 aliphatic heterocycles. The van der Waals surface area contributed by atoms with E-state index in [0.717, 1.165) is 16.1 Å². The van der Waals surface area contributed by atoms with Gasteiger partial charge in [-0.2, -0.15) is 0 Å². The zero-order valence-corrected chi connectivity index (χ0v) is 14.1. The smallest absolute Gasteiger partial charge is 0.223 e. The molecule has 7 heteroatoms. The Bertz CT molecular complexity index is 737. The van der Waals surface area contributed by atoms with Crippen LogP contribution >= 0.6 is 34.5 Å². The van der Waals surface area contributed by atoms with E-state index in [1.54, 1.807) is 11.3 Å². The average molecular weight is 341 g/mol. The highest BCUT2D eigenvalue weighted by Gasteiger charge is 2.24. The van der Waals surface area contributed by atoms with E-state index in [4.69, 9.17) is 23.2 Å². The molecule has 2 aromatic heterocycles. The third-order valence-corrected chi connectivity index (χ3v) is 5.19. The van der Waals surface area contributed by atoms with Gasteiger partial charge >= 0.3 is 0 Å². The first-order chi connectivity index (χ1) is 9.99. The summed E-state index contributed by atoms with van der Waals surface area (Å²) in [6.45, 7) is 6.40. The first-order valence-corrected chi connectivity index (χ1v) is 8.10. The molecule has 3 heterocycles. The maximum absolute atomic E-state index is 6.24. The van der Waals surface area contributed by atoms with Crippen molar-refractivity contribution in [3.05, 3.63) is 33.1 Å². The van der Waals surface area contributed by atoms with Crippen molar-refractivity contribution in [1.29, 1.82) is 0 Å². The molecule has 0 saturated heterocycles. The fraction of sp³-hybridized carbons (Fsp3) is 0.286. The molecule has 3 rings (SSSR count). The predicted molar refractivity (Wildman–Crippen MR) is 89.7 cm³/mol. The summed E-state index contributed by atoms with van der Waals surface area (Å²) < 4.78 is 0. The molecular formula is C14H14Cl2N4S. The van der Waals surface area contributed by atoms with Gasteiger partial charge in [0.05, 0.1) is 26.7 Å². The molecular weight excluding hydrogens is 327 g/mol. The molecule has 1 aliphatic rings. The standard InChI is InChI=1S/C14H14Cl2N4S/c1-6(2)8-4-18-20-10-7(3)12(21-13(8)10)11-9(15)5-17-14(16)19-11/h4-6,18,20H,1-3H3. The lowest BCUT2D eigenvalue weighted by Gasteiger charge is -2.19. The minimum Gasteiger partial charge on any atom is -0.308 e. The third kappa shape index (κ3) is 2.50. The van der Waals surface area contributed by atoms with Gasteiger partial charge in [-0.3, -0.25) is 5.43 Å². The van der Waals surface area contributed by atoms with Gasteiger partial charge in [0.1, 0.15) is 5.69 Å². The Hall–Kier alpha value is -1.30. The summed E-state index contributed by atoms with van der Waals surface area (Å²) in [5.41, 5.74) is 10.4. The van der Waals surface area contributed by atoms with Crippen molar-refractivity contribution in [2.75, 3.05) is 5.43 Å². The SMILES string of the molecule is Cc1c(-c2nc(Cl)ncc2Cl)sc2c1NNC=C2C(C)C. The Kier molecular flexibility index (Phi) is 3.82.